The molecule has 0 saturated carbocycles. The lowest BCUT2D eigenvalue weighted by Gasteiger charge is -2.32. The first-order chi connectivity index (χ1) is 10.1. The molecule has 0 spiro atoms. The van der Waals surface area contributed by atoms with Crippen molar-refractivity contribution in [3.05, 3.63) is 23.4 Å². The maximum Gasteiger partial charge on any atom is 0.339 e. The highest BCUT2D eigenvalue weighted by Gasteiger charge is 2.19. The molecule has 5 nitrogen and oxygen atoms in total. The van der Waals surface area contributed by atoms with Crippen LogP contribution in [0.1, 0.15) is 42.2 Å². The Morgan fingerprint density at radius 3 is 2.71 bits per heavy atom. The molecule has 1 aliphatic rings. The number of likely N-dealkylation sites (tertiary alicyclic amines) is 1. The van der Waals surface area contributed by atoms with Gasteiger partial charge in [0, 0.05) is 19.1 Å². The Hall–Kier alpha value is -1.62. The van der Waals surface area contributed by atoms with Gasteiger partial charge >= 0.3 is 5.97 Å². The minimum Gasteiger partial charge on any atom is -0.465 e. The van der Waals surface area contributed by atoms with Gasteiger partial charge in [0.15, 0.2) is 0 Å². The van der Waals surface area contributed by atoms with Gasteiger partial charge in [0.2, 0.25) is 0 Å². The molecular weight excluding hydrogens is 266 g/mol. The topological polar surface area (TPSA) is 54.5 Å². The van der Waals surface area contributed by atoms with E-state index in [1.165, 1.54) is 20.1 Å². The average Bonchev–Trinajstić information content (AvgIpc) is 2.49. The second kappa shape index (κ2) is 7.41. The van der Waals surface area contributed by atoms with E-state index in [4.69, 9.17) is 4.74 Å². The van der Waals surface area contributed by atoms with Crippen LogP contribution in [0.4, 0.5) is 5.82 Å². The molecule has 1 N–H and O–H groups in total. The monoisotopic (exact) mass is 291 g/mol. The second-order valence-electron chi connectivity index (χ2n) is 5.58. The summed E-state index contributed by atoms with van der Waals surface area (Å²) >= 11 is 0. The number of hydrogen-bond donors (Lipinski definition) is 1. The van der Waals surface area contributed by atoms with Crippen molar-refractivity contribution in [3.63, 3.8) is 0 Å². The summed E-state index contributed by atoms with van der Waals surface area (Å²) in [6, 6.07) is 4.11. The van der Waals surface area contributed by atoms with Gasteiger partial charge < -0.3 is 15.0 Å². The van der Waals surface area contributed by atoms with Gasteiger partial charge in [-0.05, 0) is 44.9 Å². The number of nitrogens with zero attached hydrogens (tertiary/aromatic N) is 2. The molecular formula is C16H25N3O2. The fourth-order valence-corrected chi connectivity index (χ4v) is 2.79. The zero-order valence-electron chi connectivity index (χ0n) is 13.2. The molecule has 21 heavy (non-hydrogen) atoms. The molecule has 1 aromatic rings. The molecule has 5 heteroatoms. The van der Waals surface area contributed by atoms with Gasteiger partial charge in [-0.15, -0.1) is 0 Å². The number of rotatable bonds is 5. The summed E-state index contributed by atoms with van der Waals surface area (Å²) in [6.45, 7) is 7.54. The van der Waals surface area contributed by atoms with Crippen LogP contribution >= 0.6 is 0 Å². The molecule has 2 rings (SSSR count). The number of piperidine rings is 1. The number of ether oxygens (including phenoxy) is 1. The van der Waals surface area contributed by atoms with E-state index in [2.05, 4.69) is 22.1 Å². The van der Waals surface area contributed by atoms with Crippen LogP contribution < -0.4 is 5.32 Å². The first-order valence-corrected chi connectivity index (χ1v) is 7.69. The van der Waals surface area contributed by atoms with Gasteiger partial charge in [0.25, 0.3) is 0 Å². The molecule has 0 radical (unpaired) electrons. The summed E-state index contributed by atoms with van der Waals surface area (Å²) in [7, 11) is 1.39. The Morgan fingerprint density at radius 1 is 1.43 bits per heavy atom. The number of aryl methyl sites for hydroxylation is 1. The molecule has 1 aromatic heterocycles. The van der Waals surface area contributed by atoms with Crippen LogP contribution in [-0.4, -0.2) is 48.6 Å². The van der Waals surface area contributed by atoms with Crippen molar-refractivity contribution in [2.75, 3.05) is 32.1 Å². The number of pyridine rings is 1. The maximum absolute atomic E-state index is 11.5. The minimum atomic E-state index is -0.334. The minimum absolute atomic E-state index is 0.334. The fourth-order valence-electron chi connectivity index (χ4n) is 2.79. The highest BCUT2D eigenvalue weighted by molar-refractivity contribution is 5.90. The molecule has 1 fully saturated rings. The molecule has 0 unspecified atom stereocenters. The largest absolute Gasteiger partial charge is 0.465 e. The van der Waals surface area contributed by atoms with Crippen LogP contribution in [0, 0.1) is 6.92 Å². The van der Waals surface area contributed by atoms with E-state index in [1.54, 1.807) is 6.07 Å². The number of hydrogen-bond acceptors (Lipinski definition) is 5. The van der Waals surface area contributed by atoms with Crippen molar-refractivity contribution < 1.29 is 9.53 Å². The number of carbonyl (C=O) groups excluding carboxylic acids is 1. The summed E-state index contributed by atoms with van der Waals surface area (Å²) in [5, 5.41) is 3.48. The summed E-state index contributed by atoms with van der Waals surface area (Å²) in [4.78, 5) is 18.5. The van der Waals surface area contributed by atoms with Crippen molar-refractivity contribution >= 4 is 11.8 Å². The number of methoxy groups -OCH3 is 1. The number of anilines is 1. The number of nitrogens with one attached hydrogen (secondary N) is 1. The van der Waals surface area contributed by atoms with E-state index in [9.17, 15) is 4.79 Å². The second-order valence-corrected chi connectivity index (χ2v) is 5.58. The number of esters is 1. The first-order valence-electron chi connectivity index (χ1n) is 7.69. The third-order valence-corrected chi connectivity index (χ3v) is 3.97. The molecule has 116 valence electrons. The first kappa shape index (κ1) is 15.8. The molecule has 1 saturated heterocycles. The Balaban J connectivity index is 1.92. The number of aromatic nitrogens is 1. The zero-order chi connectivity index (χ0) is 15.2. The Kier molecular flexibility index (Phi) is 5.56. The van der Waals surface area contributed by atoms with E-state index in [-0.39, 0.29) is 5.97 Å². The predicted octanol–water partition coefficient (Wildman–Crippen LogP) is 2.46. The zero-order valence-corrected chi connectivity index (χ0v) is 13.2. The van der Waals surface area contributed by atoms with Crippen molar-refractivity contribution in [2.24, 2.45) is 0 Å². The molecule has 0 atom stereocenters. The SMILES string of the molecule is CCCN1CCC(Nc2ccc(C(=O)OC)c(C)n2)CC1. The van der Waals surface area contributed by atoms with Crippen LogP contribution in [0.5, 0.6) is 0 Å². The van der Waals surface area contributed by atoms with Gasteiger partial charge in [-0.25, -0.2) is 9.78 Å². The molecule has 0 amide bonds. The van der Waals surface area contributed by atoms with Gasteiger partial charge in [-0.2, -0.15) is 0 Å². The van der Waals surface area contributed by atoms with Crippen molar-refractivity contribution in [2.45, 2.75) is 39.2 Å². The quantitative estimate of drug-likeness (QED) is 0.845. The standard InChI is InChI=1S/C16H25N3O2/c1-4-9-19-10-7-13(8-11-19)18-15-6-5-14(12(2)17-15)16(20)21-3/h5-6,13H,4,7-11H2,1-3H3,(H,17,18). The van der Waals surface area contributed by atoms with Crippen LogP contribution in [0.2, 0.25) is 0 Å². The van der Waals surface area contributed by atoms with E-state index in [0.717, 1.165) is 31.7 Å². The van der Waals surface area contributed by atoms with E-state index < -0.39 is 0 Å². The summed E-state index contributed by atoms with van der Waals surface area (Å²) in [5.74, 6) is 0.508. The van der Waals surface area contributed by atoms with E-state index in [0.29, 0.717) is 17.3 Å². The van der Waals surface area contributed by atoms with Crippen molar-refractivity contribution in [1.82, 2.24) is 9.88 Å². The van der Waals surface area contributed by atoms with Crippen molar-refractivity contribution in [3.8, 4) is 0 Å². The Labute approximate surface area is 126 Å². The smallest absolute Gasteiger partial charge is 0.339 e. The summed E-state index contributed by atoms with van der Waals surface area (Å²) in [6.07, 6.45) is 3.49. The van der Waals surface area contributed by atoms with Gasteiger partial charge in [-0.1, -0.05) is 6.92 Å². The molecule has 2 heterocycles. The lowest BCUT2D eigenvalue weighted by atomic mass is 10.0. The summed E-state index contributed by atoms with van der Waals surface area (Å²) in [5.41, 5.74) is 1.23. The third kappa shape index (κ3) is 4.17. The van der Waals surface area contributed by atoms with Crippen LogP contribution in [-0.2, 0) is 4.74 Å². The predicted molar refractivity (Wildman–Crippen MR) is 83.7 cm³/mol. The average molecular weight is 291 g/mol. The summed E-state index contributed by atoms with van der Waals surface area (Å²) < 4.78 is 4.74. The highest BCUT2D eigenvalue weighted by atomic mass is 16.5. The molecule has 0 aliphatic carbocycles. The van der Waals surface area contributed by atoms with Gasteiger partial charge in [-0.3, -0.25) is 0 Å². The molecule has 0 bridgehead atoms. The lowest BCUT2D eigenvalue weighted by molar-refractivity contribution is 0.0599. The molecule has 0 aromatic carbocycles. The van der Waals surface area contributed by atoms with Gasteiger partial charge in [0.05, 0.1) is 18.4 Å². The Bertz CT molecular complexity index is 482. The Morgan fingerprint density at radius 2 is 2.14 bits per heavy atom. The molecule has 1 aliphatic heterocycles. The van der Waals surface area contributed by atoms with Crippen LogP contribution in [0.25, 0.3) is 0 Å². The van der Waals surface area contributed by atoms with E-state index >= 15 is 0 Å². The van der Waals surface area contributed by atoms with Crippen LogP contribution in [0.3, 0.4) is 0 Å². The third-order valence-electron chi connectivity index (χ3n) is 3.97. The van der Waals surface area contributed by atoms with E-state index in [1.807, 2.05) is 13.0 Å². The van der Waals surface area contributed by atoms with Gasteiger partial charge in [0.1, 0.15) is 5.82 Å². The number of carbonyl (C=O) groups is 1. The van der Waals surface area contributed by atoms with Crippen LogP contribution in [0.15, 0.2) is 12.1 Å². The normalized spacial score (nSPS) is 16.7. The van der Waals surface area contributed by atoms with Crippen molar-refractivity contribution in [1.29, 1.82) is 0 Å². The maximum atomic E-state index is 11.5. The lowest BCUT2D eigenvalue weighted by Crippen LogP contribution is -2.39. The fraction of sp³-hybridized carbons (Fsp3) is 0.625. The highest BCUT2D eigenvalue weighted by Crippen LogP contribution is 2.17.